The molecule has 254 valence electrons. The van der Waals surface area contributed by atoms with Crippen molar-refractivity contribution in [1.82, 2.24) is 14.9 Å². The fraction of sp³-hybridized carbons (Fsp3) is 0.410. The average Bonchev–Trinajstić information content (AvgIpc) is 3.41. The number of allylic oxidation sites excluding steroid dienone is 2. The summed E-state index contributed by atoms with van der Waals surface area (Å²) < 4.78 is 12.0. The quantitative estimate of drug-likeness (QED) is 0.205. The SMILES string of the molecule is COc1ccc2nc(O[C@@H]3C[C@H]4C(=O)C[C@]5(C(=O)O)C[C@@H]5/C=C\CCCCC[C@H](Cc5ccccc5)C(=O)N4C3)c(-c3cccs3)nc2c1. The monoisotopic (exact) mass is 679 g/mol. The molecule has 2 aromatic heterocycles. The number of ketones is 1. The van der Waals surface area contributed by atoms with Gasteiger partial charge >= 0.3 is 5.97 Å². The van der Waals surface area contributed by atoms with Gasteiger partial charge in [-0.05, 0) is 67.2 Å². The number of carbonyl (C=O) groups excluding carboxylic acids is 2. The zero-order valence-electron chi connectivity index (χ0n) is 27.6. The number of aromatic nitrogens is 2. The van der Waals surface area contributed by atoms with Crippen molar-refractivity contribution < 1.29 is 29.0 Å². The second-order valence-corrected chi connectivity index (χ2v) is 14.5. The number of nitrogens with zero attached hydrogens (tertiary/aromatic N) is 3. The number of hydrogen-bond acceptors (Lipinski definition) is 8. The fourth-order valence-corrected chi connectivity index (χ4v) is 8.17. The summed E-state index contributed by atoms with van der Waals surface area (Å²) in [4.78, 5) is 53.7. The van der Waals surface area contributed by atoms with E-state index in [1.807, 2.05) is 72.1 Å². The minimum absolute atomic E-state index is 0.0757. The third kappa shape index (κ3) is 6.97. The van der Waals surface area contributed by atoms with Crippen molar-refractivity contribution in [3.05, 3.63) is 83.8 Å². The maximum atomic E-state index is 14.6. The zero-order chi connectivity index (χ0) is 34.0. The predicted molar refractivity (Wildman–Crippen MR) is 188 cm³/mol. The van der Waals surface area contributed by atoms with Gasteiger partial charge in [0.2, 0.25) is 11.8 Å². The predicted octanol–water partition coefficient (Wildman–Crippen LogP) is 7.14. The van der Waals surface area contributed by atoms with E-state index in [2.05, 4.69) is 6.08 Å². The van der Waals surface area contributed by atoms with Crippen LogP contribution in [0.5, 0.6) is 11.6 Å². The Morgan fingerprint density at radius 2 is 1.90 bits per heavy atom. The van der Waals surface area contributed by atoms with E-state index in [4.69, 9.17) is 19.4 Å². The number of carboxylic acid groups (broad SMARTS) is 1. The van der Waals surface area contributed by atoms with E-state index in [0.29, 0.717) is 47.6 Å². The summed E-state index contributed by atoms with van der Waals surface area (Å²) in [5, 5.41) is 12.2. The highest BCUT2D eigenvalue weighted by atomic mass is 32.1. The second-order valence-electron chi connectivity index (χ2n) is 13.6. The molecule has 2 fully saturated rings. The van der Waals surface area contributed by atoms with Gasteiger partial charge in [0.05, 0.1) is 41.0 Å². The van der Waals surface area contributed by atoms with Crippen LogP contribution < -0.4 is 9.47 Å². The lowest BCUT2D eigenvalue weighted by atomic mass is 9.90. The van der Waals surface area contributed by atoms with Gasteiger partial charge in [-0.3, -0.25) is 14.4 Å². The molecule has 0 bridgehead atoms. The van der Waals surface area contributed by atoms with E-state index < -0.39 is 23.5 Å². The summed E-state index contributed by atoms with van der Waals surface area (Å²) >= 11 is 1.52. The number of Topliss-reactive ketones (excluding diaryl/α,β-unsaturated/α-hetero) is 1. The number of benzene rings is 2. The van der Waals surface area contributed by atoms with Gasteiger partial charge in [-0.15, -0.1) is 11.3 Å². The van der Waals surface area contributed by atoms with Crippen LogP contribution in [0.25, 0.3) is 21.6 Å². The van der Waals surface area contributed by atoms with Crippen LogP contribution in [0, 0.1) is 17.3 Å². The van der Waals surface area contributed by atoms with E-state index in [0.717, 1.165) is 36.1 Å². The van der Waals surface area contributed by atoms with Crippen LogP contribution in [-0.4, -0.2) is 63.4 Å². The highest BCUT2D eigenvalue weighted by molar-refractivity contribution is 7.13. The van der Waals surface area contributed by atoms with E-state index in [9.17, 15) is 19.5 Å². The second kappa shape index (κ2) is 14.1. The number of fused-ring (bicyclic) bond motifs is 3. The van der Waals surface area contributed by atoms with E-state index in [-0.39, 0.29) is 42.9 Å². The molecule has 1 saturated carbocycles. The number of hydrogen-bond donors (Lipinski definition) is 1. The number of carbonyl (C=O) groups is 3. The molecule has 0 unspecified atom stereocenters. The van der Waals surface area contributed by atoms with Crippen molar-refractivity contribution >= 4 is 40.0 Å². The molecule has 2 aliphatic heterocycles. The summed E-state index contributed by atoms with van der Waals surface area (Å²) in [6.07, 6.45) is 9.11. The first-order valence-corrected chi connectivity index (χ1v) is 18.1. The van der Waals surface area contributed by atoms with Crippen molar-refractivity contribution in [2.24, 2.45) is 17.3 Å². The van der Waals surface area contributed by atoms with Gasteiger partial charge < -0.3 is 19.5 Å². The van der Waals surface area contributed by atoms with Gasteiger partial charge in [-0.2, -0.15) is 0 Å². The maximum absolute atomic E-state index is 14.6. The zero-order valence-corrected chi connectivity index (χ0v) is 28.4. The molecule has 49 heavy (non-hydrogen) atoms. The van der Waals surface area contributed by atoms with Crippen LogP contribution in [0.2, 0.25) is 0 Å². The number of aliphatic carboxylic acids is 1. The molecule has 1 aliphatic carbocycles. The van der Waals surface area contributed by atoms with E-state index in [1.54, 1.807) is 12.0 Å². The Hall–Kier alpha value is -4.57. The van der Waals surface area contributed by atoms with E-state index >= 15 is 0 Å². The standard InChI is InChI=1S/C39H41N3O6S/c1-47-28-16-17-30-31(20-28)40-35(34-15-10-18-49-34)36(41-30)48-29-21-32-33(43)23-39(38(45)46)22-27(39)14-9-4-2-3-8-13-26(37(44)42(32)24-29)19-25-11-6-5-7-12-25/h5-7,9-12,14-18,20,26-27,29,32H,2-4,8,13,19,21-24H2,1H3,(H,45,46)/b14-9-/t26-,27+,29-,32+,39-/m1/s1. The number of thiophene rings is 1. The molecule has 1 saturated heterocycles. The van der Waals surface area contributed by atoms with Crippen LogP contribution >= 0.6 is 11.3 Å². The summed E-state index contributed by atoms with van der Waals surface area (Å²) in [5.74, 6) is -0.729. The lowest BCUT2D eigenvalue weighted by Crippen LogP contribution is -2.45. The number of ether oxygens (including phenoxy) is 2. The number of carboxylic acids is 1. The Balaban J connectivity index is 1.22. The molecule has 5 atom stereocenters. The first-order valence-electron chi connectivity index (χ1n) is 17.2. The molecular weight excluding hydrogens is 639 g/mol. The fourth-order valence-electron chi connectivity index (χ4n) is 7.47. The molecule has 4 aromatic rings. The maximum Gasteiger partial charge on any atom is 0.310 e. The van der Waals surface area contributed by atoms with Crippen LogP contribution in [0.15, 0.2) is 78.2 Å². The smallest absolute Gasteiger partial charge is 0.310 e. The Morgan fingerprint density at radius 3 is 2.67 bits per heavy atom. The summed E-state index contributed by atoms with van der Waals surface area (Å²) in [6.45, 7) is 0.205. The van der Waals surface area contributed by atoms with Gasteiger partial charge in [-0.1, -0.05) is 61.4 Å². The van der Waals surface area contributed by atoms with Crippen LogP contribution in [0.3, 0.4) is 0 Å². The van der Waals surface area contributed by atoms with Gasteiger partial charge in [0, 0.05) is 24.8 Å². The third-order valence-corrected chi connectivity index (χ3v) is 11.2. The summed E-state index contributed by atoms with van der Waals surface area (Å²) in [7, 11) is 1.61. The largest absolute Gasteiger partial charge is 0.497 e. The molecule has 3 aliphatic rings. The molecule has 7 rings (SSSR count). The van der Waals surface area contributed by atoms with Gasteiger partial charge in [-0.25, -0.2) is 9.97 Å². The molecule has 4 heterocycles. The number of methoxy groups -OCH3 is 1. The van der Waals surface area contributed by atoms with Crippen molar-refractivity contribution in [2.45, 2.75) is 69.9 Å². The first kappa shape index (κ1) is 33.0. The van der Waals surface area contributed by atoms with Crippen LogP contribution in [-0.2, 0) is 20.8 Å². The number of amides is 1. The molecule has 2 aromatic carbocycles. The Labute approximate surface area is 290 Å². The third-order valence-electron chi connectivity index (χ3n) is 10.3. The average molecular weight is 680 g/mol. The summed E-state index contributed by atoms with van der Waals surface area (Å²) in [5.41, 5.74) is 1.83. The van der Waals surface area contributed by atoms with E-state index in [1.165, 1.54) is 11.3 Å². The first-order chi connectivity index (χ1) is 23.8. The molecule has 9 nitrogen and oxygen atoms in total. The lowest BCUT2D eigenvalue weighted by molar-refractivity contribution is -0.147. The lowest BCUT2D eigenvalue weighted by Gasteiger charge is -2.29. The highest BCUT2D eigenvalue weighted by Crippen LogP contribution is 2.57. The minimum atomic E-state index is -1.12. The van der Waals surface area contributed by atoms with Crippen LogP contribution in [0.1, 0.15) is 56.9 Å². The van der Waals surface area contributed by atoms with Gasteiger partial charge in [0.1, 0.15) is 17.5 Å². The highest BCUT2D eigenvalue weighted by Gasteiger charge is 2.61. The van der Waals surface area contributed by atoms with Crippen LogP contribution in [0.4, 0.5) is 0 Å². The van der Waals surface area contributed by atoms with Crippen molar-refractivity contribution in [2.75, 3.05) is 13.7 Å². The molecule has 1 N–H and O–H groups in total. The molecule has 1 amide bonds. The molecular formula is C39H41N3O6S. The van der Waals surface area contributed by atoms with Crippen molar-refractivity contribution in [1.29, 1.82) is 0 Å². The topological polar surface area (TPSA) is 119 Å². The Bertz CT molecular complexity index is 1860. The van der Waals surface area contributed by atoms with Gasteiger partial charge in [0.25, 0.3) is 0 Å². The van der Waals surface area contributed by atoms with Crippen molar-refractivity contribution in [3.8, 4) is 22.2 Å². The Morgan fingerprint density at radius 1 is 1.04 bits per heavy atom. The molecule has 0 radical (unpaired) electrons. The summed E-state index contributed by atoms with van der Waals surface area (Å²) in [6, 6.07) is 18.6. The van der Waals surface area contributed by atoms with Gasteiger partial charge in [0.15, 0.2) is 5.78 Å². The van der Waals surface area contributed by atoms with Crippen molar-refractivity contribution in [3.63, 3.8) is 0 Å². The minimum Gasteiger partial charge on any atom is -0.497 e. The molecule has 0 spiro atoms. The normalized spacial score (nSPS) is 26.7. The molecule has 10 heteroatoms. The Kier molecular flexibility index (Phi) is 9.49. The number of rotatable bonds is 7.